The number of carbonyl (C=O) groups excluding carboxylic acids is 2. The second-order valence-corrected chi connectivity index (χ2v) is 1.38. The predicted octanol–water partition coefficient (Wildman–Crippen LogP) is -1.34. The molecule has 0 aliphatic carbocycles. The highest BCUT2D eigenvalue weighted by molar-refractivity contribution is 6.29. The van der Waals surface area contributed by atoms with Crippen molar-refractivity contribution in [2.45, 2.75) is 6.42 Å². The fourth-order valence-corrected chi connectivity index (χ4v) is 0.294. The van der Waals surface area contributed by atoms with Gasteiger partial charge >= 0.3 is 12.2 Å². The maximum atomic E-state index is 10.3. The Hall–Kier alpha value is -1.52. The molecule has 0 aliphatic rings. The zero-order chi connectivity index (χ0) is 7.98. The van der Waals surface area contributed by atoms with Crippen LogP contribution in [0.2, 0.25) is 0 Å². The van der Waals surface area contributed by atoms with Crippen molar-refractivity contribution in [2.75, 3.05) is 0 Å². The maximum absolute atomic E-state index is 10.3. The van der Waals surface area contributed by atoms with Crippen LogP contribution in [0.1, 0.15) is 6.42 Å². The second-order valence-electron chi connectivity index (χ2n) is 1.38. The van der Waals surface area contributed by atoms with Crippen molar-refractivity contribution in [2.24, 2.45) is 5.90 Å². The predicted molar refractivity (Wildman–Crippen MR) is 29.6 cm³/mol. The fourth-order valence-electron chi connectivity index (χ4n) is 0.294. The molecule has 0 saturated heterocycles. The van der Waals surface area contributed by atoms with Crippen LogP contribution in [0.25, 0.3) is 5.53 Å². The first-order chi connectivity index (χ1) is 4.70. The average Bonchev–Trinajstić information content (AvgIpc) is 1.88. The van der Waals surface area contributed by atoms with Gasteiger partial charge in [-0.15, -0.1) is 0 Å². The van der Waals surface area contributed by atoms with Crippen LogP contribution in [0.4, 0.5) is 0 Å². The minimum absolute atomic E-state index is 0.513. The molecule has 6 heteroatoms. The summed E-state index contributed by atoms with van der Waals surface area (Å²) in [6, 6.07) is 0. The van der Waals surface area contributed by atoms with Crippen molar-refractivity contribution in [1.82, 2.24) is 0 Å². The zero-order valence-electron chi connectivity index (χ0n) is 4.98. The lowest BCUT2D eigenvalue weighted by atomic mass is 10.3. The Bertz CT molecular complexity index is 194. The molecule has 0 spiro atoms. The van der Waals surface area contributed by atoms with Gasteiger partial charge in [0.05, 0.1) is 0 Å². The first-order valence-corrected chi connectivity index (χ1v) is 2.30. The van der Waals surface area contributed by atoms with Gasteiger partial charge in [-0.25, -0.2) is 4.79 Å². The third-order valence-corrected chi connectivity index (χ3v) is 0.652. The van der Waals surface area contributed by atoms with E-state index in [1.54, 1.807) is 0 Å². The Morgan fingerprint density at radius 1 is 1.70 bits per heavy atom. The van der Waals surface area contributed by atoms with Crippen LogP contribution >= 0.6 is 0 Å². The molecule has 0 aromatic carbocycles. The molecule has 0 radical (unpaired) electrons. The van der Waals surface area contributed by atoms with Gasteiger partial charge in [0.25, 0.3) is 0 Å². The van der Waals surface area contributed by atoms with E-state index in [-0.39, 0.29) is 0 Å². The molecular formula is C4H5N3O3. The summed E-state index contributed by atoms with van der Waals surface area (Å²) in [5, 5.41) is 0. The average molecular weight is 143 g/mol. The molecule has 0 aromatic heterocycles. The van der Waals surface area contributed by atoms with E-state index in [0.29, 0.717) is 6.21 Å². The second kappa shape index (κ2) is 4.37. The van der Waals surface area contributed by atoms with Crippen molar-refractivity contribution in [3.05, 3.63) is 5.53 Å². The van der Waals surface area contributed by atoms with Crippen LogP contribution in [-0.2, 0) is 14.4 Å². The monoisotopic (exact) mass is 143 g/mol. The number of rotatable bonds is 3. The van der Waals surface area contributed by atoms with Crippen LogP contribution < -0.4 is 5.90 Å². The largest absolute Gasteiger partial charge is 0.373 e. The summed E-state index contributed by atoms with van der Waals surface area (Å²) in [5.41, 5.74) is 7.79. The highest BCUT2D eigenvalue weighted by atomic mass is 16.7. The van der Waals surface area contributed by atoms with E-state index < -0.39 is 18.2 Å². The van der Waals surface area contributed by atoms with E-state index in [9.17, 15) is 9.59 Å². The molecule has 0 amide bonds. The van der Waals surface area contributed by atoms with Gasteiger partial charge in [0.2, 0.25) is 5.78 Å². The van der Waals surface area contributed by atoms with Crippen LogP contribution in [-0.4, -0.2) is 22.8 Å². The molecule has 0 aliphatic heterocycles. The van der Waals surface area contributed by atoms with E-state index in [0.717, 1.165) is 0 Å². The minimum Gasteiger partial charge on any atom is -0.373 e. The normalized spacial score (nSPS) is 7.70. The SMILES string of the molecule is [N-]=[N+]=CC(=O)CC(=O)ON. The minimum atomic E-state index is -0.870. The molecule has 0 aromatic rings. The Morgan fingerprint density at radius 2 is 2.30 bits per heavy atom. The molecule has 0 bridgehead atoms. The summed E-state index contributed by atoms with van der Waals surface area (Å²) in [5.74, 6) is 2.87. The van der Waals surface area contributed by atoms with Crippen molar-refractivity contribution >= 4 is 18.0 Å². The zero-order valence-corrected chi connectivity index (χ0v) is 4.98. The molecule has 0 fully saturated rings. The van der Waals surface area contributed by atoms with Crippen molar-refractivity contribution < 1.29 is 19.2 Å². The molecule has 10 heavy (non-hydrogen) atoms. The van der Waals surface area contributed by atoms with Gasteiger partial charge in [-0.2, -0.15) is 10.7 Å². The number of Topliss-reactive ketones (excluding diaryl/α,β-unsaturated/α-hetero) is 1. The molecule has 54 valence electrons. The van der Waals surface area contributed by atoms with E-state index in [4.69, 9.17) is 5.53 Å². The molecule has 2 N–H and O–H groups in total. The summed E-state index contributed by atoms with van der Waals surface area (Å²) in [6.45, 7) is 0. The van der Waals surface area contributed by atoms with Crippen molar-refractivity contribution in [1.29, 1.82) is 0 Å². The van der Waals surface area contributed by atoms with E-state index in [1.807, 2.05) is 0 Å². The number of nitrogens with two attached hydrogens (primary N) is 1. The fraction of sp³-hybridized carbons (Fsp3) is 0.250. The third kappa shape index (κ3) is 3.48. The Balaban J connectivity index is 3.79. The lowest BCUT2D eigenvalue weighted by Gasteiger charge is -1.88. The molecule has 0 atom stereocenters. The molecular weight excluding hydrogens is 138 g/mol. The van der Waals surface area contributed by atoms with E-state index in [1.165, 1.54) is 0 Å². The molecule has 0 unspecified atom stereocenters. The summed E-state index contributed by atoms with van der Waals surface area (Å²) in [6.07, 6.45) is 0.0808. The first kappa shape index (κ1) is 8.48. The van der Waals surface area contributed by atoms with Gasteiger partial charge in [0, 0.05) is 0 Å². The van der Waals surface area contributed by atoms with Crippen LogP contribution in [0, 0.1) is 0 Å². The third-order valence-electron chi connectivity index (χ3n) is 0.652. The molecule has 0 heterocycles. The quantitative estimate of drug-likeness (QED) is 0.173. The summed E-state index contributed by atoms with van der Waals surface area (Å²) in [7, 11) is 0. The molecule has 0 saturated carbocycles. The van der Waals surface area contributed by atoms with E-state index in [2.05, 4.69) is 15.5 Å². The number of hydrogen-bond acceptors (Lipinski definition) is 4. The van der Waals surface area contributed by atoms with Gasteiger partial charge in [-0.3, -0.25) is 4.79 Å². The van der Waals surface area contributed by atoms with Gasteiger partial charge in [0.1, 0.15) is 6.42 Å². The molecule has 6 nitrogen and oxygen atoms in total. The molecule has 0 rings (SSSR count). The number of hydrogen-bond donors (Lipinski definition) is 1. The standard InChI is InChI=1S/C4H5N3O3/c5-7-2-3(8)1-4(9)10-6/h2H,1,6H2. The van der Waals surface area contributed by atoms with Crippen LogP contribution in [0.5, 0.6) is 0 Å². The Labute approximate surface area is 56.1 Å². The highest BCUT2D eigenvalue weighted by Gasteiger charge is 2.10. The topological polar surface area (TPSA) is 106 Å². The van der Waals surface area contributed by atoms with Crippen molar-refractivity contribution in [3.63, 3.8) is 0 Å². The van der Waals surface area contributed by atoms with E-state index >= 15 is 0 Å². The lowest BCUT2D eigenvalue weighted by Crippen LogP contribution is -2.15. The Kier molecular flexibility index (Phi) is 3.70. The van der Waals surface area contributed by atoms with Crippen molar-refractivity contribution in [3.8, 4) is 0 Å². The van der Waals surface area contributed by atoms with Crippen LogP contribution in [0.15, 0.2) is 0 Å². The van der Waals surface area contributed by atoms with Gasteiger partial charge in [-0.05, 0) is 0 Å². The highest BCUT2D eigenvalue weighted by Crippen LogP contribution is 1.80. The van der Waals surface area contributed by atoms with Gasteiger partial charge in [-0.1, -0.05) is 0 Å². The summed E-state index contributed by atoms with van der Waals surface area (Å²) in [4.78, 5) is 26.6. The number of ketones is 1. The lowest BCUT2D eigenvalue weighted by molar-refractivity contribution is -0.146. The smallest absolute Gasteiger partial charge is 0.332 e. The maximum Gasteiger partial charge on any atom is 0.332 e. The first-order valence-electron chi connectivity index (χ1n) is 2.30. The van der Waals surface area contributed by atoms with Gasteiger partial charge in [0.15, 0.2) is 0 Å². The summed E-state index contributed by atoms with van der Waals surface area (Å²) >= 11 is 0. The number of carbonyl (C=O) groups is 2. The number of nitrogens with zero attached hydrogens (tertiary/aromatic N) is 2. The van der Waals surface area contributed by atoms with Crippen LogP contribution in [0.3, 0.4) is 0 Å². The van der Waals surface area contributed by atoms with Gasteiger partial charge < -0.3 is 10.4 Å². The summed E-state index contributed by atoms with van der Waals surface area (Å²) < 4.78 is 0. The Morgan fingerprint density at radius 3 is 2.70 bits per heavy atom.